The van der Waals surface area contributed by atoms with Crippen molar-refractivity contribution in [3.63, 3.8) is 0 Å². The first-order valence-corrected chi connectivity index (χ1v) is 6.28. The van der Waals surface area contributed by atoms with Crippen molar-refractivity contribution in [1.82, 2.24) is 5.32 Å². The van der Waals surface area contributed by atoms with Crippen LogP contribution in [0.5, 0.6) is 0 Å². The third-order valence-corrected chi connectivity index (χ3v) is 3.74. The van der Waals surface area contributed by atoms with Crippen LogP contribution in [0.15, 0.2) is 18.2 Å². The van der Waals surface area contributed by atoms with Crippen LogP contribution in [0.4, 0.5) is 5.69 Å². The molecule has 0 saturated carbocycles. The normalized spacial score (nSPS) is 25.9. The Morgan fingerprint density at radius 1 is 1.25 bits per heavy atom. The second kappa shape index (κ2) is 4.82. The summed E-state index contributed by atoms with van der Waals surface area (Å²) in [7, 11) is 0. The van der Waals surface area contributed by atoms with Gasteiger partial charge in [0.05, 0.1) is 10.0 Å². The minimum atomic E-state index is 0.480. The molecule has 0 amide bonds. The van der Waals surface area contributed by atoms with Gasteiger partial charge in [-0.05, 0) is 32.0 Å². The highest BCUT2D eigenvalue weighted by molar-refractivity contribution is 6.42. The molecule has 1 fully saturated rings. The quantitative estimate of drug-likeness (QED) is 0.833. The minimum absolute atomic E-state index is 0.480. The Bertz CT molecular complexity index is 381. The molecule has 0 aliphatic carbocycles. The summed E-state index contributed by atoms with van der Waals surface area (Å²) in [6, 6.07) is 6.82. The molecule has 1 saturated heterocycles. The van der Waals surface area contributed by atoms with E-state index in [1.807, 2.05) is 18.2 Å². The maximum absolute atomic E-state index is 6.04. The zero-order valence-electron chi connectivity index (χ0n) is 9.50. The largest absolute Gasteiger partial charge is 0.366 e. The Morgan fingerprint density at radius 2 is 2.00 bits per heavy atom. The number of nitrogens with zero attached hydrogens (tertiary/aromatic N) is 1. The summed E-state index contributed by atoms with van der Waals surface area (Å²) in [5.74, 6) is 0. The van der Waals surface area contributed by atoms with Gasteiger partial charge < -0.3 is 10.2 Å². The third-order valence-electron chi connectivity index (χ3n) is 3.00. The highest BCUT2D eigenvalue weighted by Gasteiger charge is 2.22. The predicted octanol–water partition coefficient (Wildman–Crippen LogP) is 3.18. The Kier molecular flexibility index (Phi) is 3.63. The van der Waals surface area contributed by atoms with E-state index in [1.54, 1.807) is 0 Å². The van der Waals surface area contributed by atoms with Crippen LogP contribution in [0.3, 0.4) is 0 Å². The Hall–Kier alpha value is -0.440. The van der Waals surface area contributed by atoms with Crippen LogP contribution in [-0.2, 0) is 0 Å². The topological polar surface area (TPSA) is 15.3 Å². The maximum atomic E-state index is 6.04. The van der Waals surface area contributed by atoms with E-state index in [0.29, 0.717) is 22.1 Å². The highest BCUT2D eigenvalue weighted by Crippen LogP contribution is 2.28. The van der Waals surface area contributed by atoms with Crippen molar-refractivity contribution in [3.8, 4) is 0 Å². The lowest BCUT2D eigenvalue weighted by molar-refractivity contribution is 0.425. The number of rotatable bonds is 1. The molecule has 1 aliphatic rings. The molecule has 0 bridgehead atoms. The monoisotopic (exact) mass is 258 g/mol. The van der Waals surface area contributed by atoms with E-state index in [4.69, 9.17) is 23.2 Å². The number of hydrogen-bond acceptors (Lipinski definition) is 2. The Balaban J connectivity index is 2.24. The average molecular weight is 259 g/mol. The molecule has 1 aromatic rings. The van der Waals surface area contributed by atoms with E-state index < -0.39 is 0 Å². The van der Waals surface area contributed by atoms with Gasteiger partial charge in [0.2, 0.25) is 0 Å². The lowest BCUT2D eigenvalue weighted by atomic mass is 10.1. The summed E-state index contributed by atoms with van der Waals surface area (Å²) in [5, 5.41) is 4.69. The summed E-state index contributed by atoms with van der Waals surface area (Å²) >= 11 is 12.0. The van der Waals surface area contributed by atoms with Crippen LogP contribution in [0.1, 0.15) is 13.8 Å². The second-order valence-electron chi connectivity index (χ2n) is 4.41. The molecule has 2 atom stereocenters. The number of piperazine rings is 1. The van der Waals surface area contributed by atoms with Crippen molar-refractivity contribution in [3.05, 3.63) is 28.2 Å². The first-order chi connectivity index (χ1) is 7.58. The zero-order chi connectivity index (χ0) is 11.7. The number of hydrogen-bond donors (Lipinski definition) is 1. The van der Waals surface area contributed by atoms with Gasteiger partial charge in [0.15, 0.2) is 0 Å². The molecule has 0 radical (unpaired) electrons. The smallest absolute Gasteiger partial charge is 0.0612 e. The molecule has 2 rings (SSSR count). The van der Waals surface area contributed by atoms with Crippen LogP contribution < -0.4 is 10.2 Å². The number of nitrogens with one attached hydrogen (secondary N) is 1. The molecule has 0 spiro atoms. The average Bonchev–Trinajstić information content (AvgIpc) is 2.26. The van der Waals surface area contributed by atoms with Gasteiger partial charge in [-0.15, -0.1) is 0 Å². The van der Waals surface area contributed by atoms with Gasteiger partial charge in [0, 0.05) is 30.9 Å². The lowest BCUT2D eigenvalue weighted by Crippen LogP contribution is -2.54. The number of halogens is 2. The molecule has 2 unspecified atom stereocenters. The molecule has 1 N–H and O–H groups in total. The molecule has 1 heterocycles. The minimum Gasteiger partial charge on any atom is -0.366 e. The van der Waals surface area contributed by atoms with E-state index in [1.165, 1.54) is 0 Å². The Morgan fingerprint density at radius 3 is 2.69 bits per heavy atom. The molecule has 4 heteroatoms. The predicted molar refractivity (Wildman–Crippen MR) is 70.7 cm³/mol. The molecule has 0 aromatic heterocycles. The van der Waals surface area contributed by atoms with Gasteiger partial charge in [0.25, 0.3) is 0 Å². The number of benzene rings is 1. The fraction of sp³-hybridized carbons (Fsp3) is 0.500. The first kappa shape index (κ1) is 12.0. The third kappa shape index (κ3) is 2.45. The van der Waals surface area contributed by atoms with E-state index in [0.717, 1.165) is 18.8 Å². The molecular formula is C12H16Cl2N2. The van der Waals surface area contributed by atoms with Gasteiger partial charge in [-0.2, -0.15) is 0 Å². The maximum Gasteiger partial charge on any atom is 0.0612 e. The summed E-state index contributed by atoms with van der Waals surface area (Å²) in [5.41, 5.74) is 1.15. The van der Waals surface area contributed by atoms with Gasteiger partial charge in [-0.1, -0.05) is 23.2 Å². The molecule has 2 nitrogen and oxygen atoms in total. The molecular weight excluding hydrogens is 243 g/mol. The Labute approximate surface area is 107 Å². The van der Waals surface area contributed by atoms with Crippen molar-refractivity contribution < 1.29 is 0 Å². The molecule has 1 aliphatic heterocycles. The van der Waals surface area contributed by atoms with Crippen LogP contribution >= 0.6 is 23.2 Å². The first-order valence-electron chi connectivity index (χ1n) is 5.53. The standard InChI is InChI=1S/C12H16Cl2N2/c1-8-7-16(9(2)6-15-8)10-3-4-11(13)12(14)5-10/h3-5,8-9,15H,6-7H2,1-2H3. The van der Waals surface area contributed by atoms with Crippen molar-refractivity contribution in [1.29, 1.82) is 0 Å². The summed E-state index contributed by atoms with van der Waals surface area (Å²) in [6.45, 7) is 6.40. The van der Waals surface area contributed by atoms with Crippen LogP contribution in [0.2, 0.25) is 10.0 Å². The van der Waals surface area contributed by atoms with E-state index >= 15 is 0 Å². The van der Waals surface area contributed by atoms with E-state index in [2.05, 4.69) is 24.1 Å². The fourth-order valence-electron chi connectivity index (χ4n) is 2.05. The van der Waals surface area contributed by atoms with Gasteiger partial charge in [0.1, 0.15) is 0 Å². The van der Waals surface area contributed by atoms with Crippen LogP contribution in [-0.4, -0.2) is 25.2 Å². The molecule has 1 aromatic carbocycles. The lowest BCUT2D eigenvalue weighted by Gasteiger charge is -2.39. The van der Waals surface area contributed by atoms with Crippen molar-refractivity contribution in [2.75, 3.05) is 18.0 Å². The van der Waals surface area contributed by atoms with E-state index in [-0.39, 0.29) is 0 Å². The van der Waals surface area contributed by atoms with Gasteiger partial charge in [-0.3, -0.25) is 0 Å². The fourth-order valence-corrected chi connectivity index (χ4v) is 2.34. The van der Waals surface area contributed by atoms with Crippen molar-refractivity contribution in [2.45, 2.75) is 25.9 Å². The summed E-state index contributed by atoms with van der Waals surface area (Å²) < 4.78 is 0. The second-order valence-corrected chi connectivity index (χ2v) is 5.22. The summed E-state index contributed by atoms with van der Waals surface area (Å²) in [4.78, 5) is 2.36. The molecule has 88 valence electrons. The highest BCUT2D eigenvalue weighted by atomic mass is 35.5. The van der Waals surface area contributed by atoms with E-state index in [9.17, 15) is 0 Å². The SMILES string of the molecule is CC1CN(c2ccc(Cl)c(Cl)c2)C(C)CN1. The van der Waals surface area contributed by atoms with Gasteiger partial charge >= 0.3 is 0 Å². The van der Waals surface area contributed by atoms with Crippen LogP contribution in [0.25, 0.3) is 0 Å². The number of anilines is 1. The summed E-state index contributed by atoms with van der Waals surface area (Å²) in [6.07, 6.45) is 0. The zero-order valence-corrected chi connectivity index (χ0v) is 11.0. The van der Waals surface area contributed by atoms with Crippen molar-refractivity contribution >= 4 is 28.9 Å². The van der Waals surface area contributed by atoms with Crippen molar-refractivity contribution in [2.24, 2.45) is 0 Å². The molecule has 16 heavy (non-hydrogen) atoms. The van der Waals surface area contributed by atoms with Gasteiger partial charge in [-0.25, -0.2) is 0 Å². The van der Waals surface area contributed by atoms with Crippen LogP contribution in [0, 0.1) is 0 Å².